The van der Waals surface area contributed by atoms with Gasteiger partial charge < -0.3 is 14.8 Å². The second-order valence-corrected chi connectivity index (χ2v) is 5.63. The van der Waals surface area contributed by atoms with Crippen LogP contribution in [0.3, 0.4) is 0 Å². The van der Waals surface area contributed by atoms with Crippen molar-refractivity contribution in [3.05, 3.63) is 63.6 Å². The molecule has 130 valence electrons. The molecule has 0 atom stereocenters. The maximum Gasteiger partial charge on any atom is 0.340 e. The summed E-state index contributed by atoms with van der Waals surface area (Å²) in [5.41, 5.74) is 0.482. The first-order chi connectivity index (χ1) is 11.9. The highest BCUT2D eigenvalue weighted by atomic mass is 35.5. The standard InChI is InChI=1S/C17H13Cl2NO5/c1-24-16(22)11-4-2-3-5-14(11)20-15(21)9-25-17(23)12-8-10(18)6-7-13(12)19/h2-8H,9H2,1H3,(H,20,21). The normalized spacial score (nSPS) is 10.0. The topological polar surface area (TPSA) is 81.7 Å². The molecule has 2 aromatic carbocycles. The molecule has 0 bridgehead atoms. The van der Waals surface area contributed by atoms with Crippen molar-refractivity contribution in [1.82, 2.24) is 0 Å². The van der Waals surface area contributed by atoms with E-state index in [1.807, 2.05) is 0 Å². The molecule has 0 unspecified atom stereocenters. The van der Waals surface area contributed by atoms with Crippen LogP contribution in [0.5, 0.6) is 0 Å². The molecule has 1 N–H and O–H groups in total. The molecule has 0 aliphatic heterocycles. The average Bonchev–Trinajstić information content (AvgIpc) is 2.61. The fraction of sp³-hybridized carbons (Fsp3) is 0.118. The van der Waals surface area contributed by atoms with Gasteiger partial charge in [0.2, 0.25) is 0 Å². The Balaban J connectivity index is 2.01. The van der Waals surface area contributed by atoms with Gasteiger partial charge in [-0.05, 0) is 30.3 Å². The number of amides is 1. The van der Waals surface area contributed by atoms with Crippen LogP contribution in [0.15, 0.2) is 42.5 Å². The summed E-state index contributed by atoms with van der Waals surface area (Å²) in [7, 11) is 1.23. The number of methoxy groups -OCH3 is 1. The molecular formula is C17H13Cl2NO5. The first kappa shape index (κ1) is 18.8. The molecule has 0 fully saturated rings. The van der Waals surface area contributed by atoms with Gasteiger partial charge in [0.25, 0.3) is 5.91 Å². The van der Waals surface area contributed by atoms with Crippen LogP contribution in [0.1, 0.15) is 20.7 Å². The summed E-state index contributed by atoms with van der Waals surface area (Å²) in [6, 6.07) is 10.6. The molecule has 0 heterocycles. The fourth-order valence-electron chi connectivity index (χ4n) is 1.93. The quantitative estimate of drug-likeness (QED) is 0.800. The highest BCUT2D eigenvalue weighted by Gasteiger charge is 2.16. The highest BCUT2D eigenvalue weighted by Crippen LogP contribution is 2.21. The van der Waals surface area contributed by atoms with E-state index in [9.17, 15) is 14.4 Å². The van der Waals surface area contributed by atoms with Crippen molar-refractivity contribution in [1.29, 1.82) is 0 Å². The molecule has 6 nitrogen and oxygen atoms in total. The van der Waals surface area contributed by atoms with E-state index in [-0.39, 0.29) is 21.8 Å². The van der Waals surface area contributed by atoms with Gasteiger partial charge >= 0.3 is 11.9 Å². The zero-order valence-corrected chi connectivity index (χ0v) is 14.6. The van der Waals surface area contributed by atoms with Crippen molar-refractivity contribution in [2.24, 2.45) is 0 Å². The van der Waals surface area contributed by atoms with Crippen LogP contribution in [0, 0.1) is 0 Å². The van der Waals surface area contributed by atoms with Gasteiger partial charge in [0.15, 0.2) is 6.61 Å². The van der Waals surface area contributed by atoms with Crippen LogP contribution in [0.25, 0.3) is 0 Å². The first-order valence-corrected chi connectivity index (χ1v) is 7.77. The van der Waals surface area contributed by atoms with Crippen LogP contribution in [0.4, 0.5) is 5.69 Å². The van der Waals surface area contributed by atoms with E-state index < -0.39 is 24.5 Å². The van der Waals surface area contributed by atoms with Crippen molar-refractivity contribution < 1.29 is 23.9 Å². The Morgan fingerprint density at radius 2 is 1.72 bits per heavy atom. The lowest BCUT2D eigenvalue weighted by atomic mass is 10.2. The second kappa shape index (κ2) is 8.50. The average molecular weight is 382 g/mol. The van der Waals surface area contributed by atoms with Crippen molar-refractivity contribution in [2.75, 3.05) is 19.0 Å². The minimum Gasteiger partial charge on any atom is -0.465 e. The van der Waals surface area contributed by atoms with Crippen LogP contribution >= 0.6 is 23.2 Å². The van der Waals surface area contributed by atoms with Gasteiger partial charge in [-0.2, -0.15) is 0 Å². The number of benzene rings is 2. The second-order valence-electron chi connectivity index (χ2n) is 4.79. The number of ether oxygens (including phenoxy) is 2. The van der Waals surface area contributed by atoms with Gasteiger partial charge in [0, 0.05) is 5.02 Å². The summed E-state index contributed by atoms with van der Waals surface area (Å²) in [4.78, 5) is 35.6. The van der Waals surface area contributed by atoms with E-state index in [1.54, 1.807) is 12.1 Å². The SMILES string of the molecule is COC(=O)c1ccccc1NC(=O)COC(=O)c1cc(Cl)ccc1Cl. The van der Waals surface area contributed by atoms with Gasteiger partial charge in [-0.25, -0.2) is 9.59 Å². The summed E-state index contributed by atoms with van der Waals surface area (Å²) in [6.07, 6.45) is 0. The minimum absolute atomic E-state index is 0.0527. The Hall–Kier alpha value is -2.57. The van der Waals surface area contributed by atoms with Crippen LogP contribution in [0.2, 0.25) is 10.0 Å². The third-order valence-corrected chi connectivity index (χ3v) is 3.65. The first-order valence-electron chi connectivity index (χ1n) is 7.01. The molecule has 0 aliphatic carbocycles. The van der Waals surface area contributed by atoms with E-state index in [4.69, 9.17) is 27.9 Å². The minimum atomic E-state index is -0.788. The largest absolute Gasteiger partial charge is 0.465 e. The number of carbonyl (C=O) groups is 3. The molecule has 2 aromatic rings. The predicted molar refractivity (Wildman–Crippen MR) is 93.2 cm³/mol. The van der Waals surface area contributed by atoms with E-state index in [0.717, 1.165) is 0 Å². The molecule has 2 rings (SSSR count). The molecule has 0 radical (unpaired) electrons. The molecule has 25 heavy (non-hydrogen) atoms. The number of anilines is 1. The maximum absolute atomic E-state index is 12.0. The van der Waals surface area contributed by atoms with Crippen molar-refractivity contribution in [2.45, 2.75) is 0 Å². The molecule has 0 aromatic heterocycles. The lowest BCUT2D eigenvalue weighted by Crippen LogP contribution is -2.22. The Morgan fingerprint density at radius 3 is 2.44 bits per heavy atom. The summed E-state index contributed by atoms with van der Waals surface area (Å²) in [5, 5.41) is 2.95. The van der Waals surface area contributed by atoms with Gasteiger partial charge in [0.1, 0.15) is 0 Å². The van der Waals surface area contributed by atoms with E-state index in [0.29, 0.717) is 5.02 Å². The van der Waals surface area contributed by atoms with Crippen LogP contribution in [-0.2, 0) is 14.3 Å². The van der Waals surface area contributed by atoms with Gasteiger partial charge in [0.05, 0.1) is 28.9 Å². The van der Waals surface area contributed by atoms with Crippen molar-refractivity contribution in [3.8, 4) is 0 Å². The van der Waals surface area contributed by atoms with Gasteiger partial charge in [-0.1, -0.05) is 35.3 Å². The van der Waals surface area contributed by atoms with Gasteiger partial charge in [-0.15, -0.1) is 0 Å². The van der Waals surface area contributed by atoms with Crippen LogP contribution in [-0.4, -0.2) is 31.6 Å². The number of carbonyl (C=O) groups excluding carboxylic acids is 3. The monoisotopic (exact) mass is 381 g/mol. The fourth-order valence-corrected chi connectivity index (χ4v) is 2.30. The predicted octanol–water partition coefficient (Wildman–Crippen LogP) is 3.58. The van der Waals surface area contributed by atoms with E-state index in [1.165, 1.54) is 37.4 Å². The third kappa shape index (κ3) is 4.95. The summed E-state index contributed by atoms with van der Waals surface area (Å²) < 4.78 is 9.55. The lowest BCUT2D eigenvalue weighted by Gasteiger charge is -2.10. The lowest BCUT2D eigenvalue weighted by molar-refractivity contribution is -0.119. The highest BCUT2D eigenvalue weighted by molar-refractivity contribution is 6.35. The van der Waals surface area contributed by atoms with Gasteiger partial charge in [-0.3, -0.25) is 4.79 Å². The molecule has 1 amide bonds. The van der Waals surface area contributed by atoms with Crippen molar-refractivity contribution in [3.63, 3.8) is 0 Å². The maximum atomic E-state index is 12.0. The summed E-state index contributed by atoms with van der Waals surface area (Å²) >= 11 is 11.7. The number of esters is 2. The zero-order valence-electron chi connectivity index (χ0n) is 13.0. The summed E-state index contributed by atoms with van der Waals surface area (Å²) in [5.74, 6) is -2.01. The number of para-hydroxylation sites is 1. The molecule has 0 spiro atoms. The van der Waals surface area contributed by atoms with Crippen molar-refractivity contribution >= 4 is 46.7 Å². The Bertz CT molecular complexity index is 822. The molecular weight excluding hydrogens is 369 g/mol. The molecule has 0 saturated carbocycles. The third-order valence-electron chi connectivity index (χ3n) is 3.09. The number of halogens is 2. The van der Waals surface area contributed by atoms with E-state index in [2.05, 4.69) is 10.1 Å². The number of rotatable bonds is 5. The van der Waals surface area contributed by atoms with E-state index >= 15 is 0 Å². The number of nitrogens with one attached hydrogen (secondary N) is 1. The Labute approximate surface area is 153 Å². The molecule has 0 aliphatic rings. The van der Waals surface area contributed by atoms with Crippen LogP contribution < -0.4 is 5.32 Å². The molecule has 0 saturated heterocycles. The Kier molecular flexibility index (Phi) is 6.38. The smallest absolute Gasteiger partial charge is 0.340 e. The number of hydrogen-bond acceptors (Lipinski definition) is 5. The summed E-state index contributed by atoms with van der Waals surface area (Å²) in [6.45, 7) is -0.558. The number of hydrogen-bond donors (Lipinski definition) is 1. The zero-order chi connectivity index (χ0) is 18.4. The Morgan fingerprint density at radius 1 is 1.00 bits per heavy atom. The molecule has 8 heteroatoms.